The second-order valence-electron chi connectivity index (χ2n) is 8.25. The van der Waals surface area contributed by atoms with E-state index in [-0.39, 0.29) is 30.3 Å². The van der Waals surface area contributed by atoms with Crippen molar-refractivity contribution in [3.63, 3.8) is 0 Å². The molecule has 0 radical (unpaired) electrons. The number of carbonyl (C=O) groups excluding carboxylic acids is 2. The van der Waals surface area contributed by atoms with Gasteiger partial charge in [0.25, 0.3) is 5.91 Å². The molecule has 2 amide bonds. The quantitative estimate of drug-likeness (QED) is 0.654. The zero-order valence-electron chi connectivity index (χ0n) is 17.3. The fourth-order valence-electron chi connectivity index (χ4n) is 3.93. The van der Waals surface area contributed by atoms with E-state index in [1.165, 1.54) is 0 Å². The van der Waals surface area contributed by atoms with Gasteiger partial charge in [-0.1, -0.05) is 18.2 Å². The van der Waals surface area contributed by atoms with E-state index in [1.54, 1.807) is 12.1 Å². The highest BCUT2D eigenvalue weighted by molar-refractivity contribution is 5.94. The van der Waals surface area contributed by atoms with Gasteiger partial charge in [0.1, 0.15) is 11.3 Å². The summed E-state index contributed by atoms with van der Waals surface area (Å²) in [7, 11) is 0. The molecule has 1 saturated carbocycles. The lowest BCUT2D eigenvalue weighted by molar-refractivity contribution is -0.134. The second-order valence-corrected chi connectivity index (χ2v) is 8.25. The van der Waals surface area contributed by atoms with E-state index in [9.17, 15) is 9.59 Å². The van der Waals surface area contributed by atoms with E-state index in [0.29, 0.717) is 24.5 Å². The summed E-state index contributed by atoms with van der Waals surface area (Å²) >= 11 is 0. The molecule has 1 aliphatic heterocycles. The molecule has 160 valence electrons. The maximum absolute atomic E-state index is 12.6. The molecule has 0 atom stereocenters. The summed E-state index contributed by atoms with van der Waals surface area (Å²) in [5.74, 6) is 1.71. The van der Waals surface area contributed by atoms with E-state index in [1.807, 2.05) is 41.3 Å². The predicted molar refractivity (Wildman–Crippen MR) is 116 cm³/mol. The minimum atomic E-state index is -0.0385. The molecule has 1 saturated heterocycles. The first-order chi connectivity index (χ1) is 15.2. The Balaban J connectivity index is 1.12. The number of piperidine rings is 1. The van der Waals surface area contributed by atoms with Crippen molar-refractivity contribution in [3.8, 4) is 5.75 Å². The molecule has 0 spiro atoms. The monoisotopic (exact) mass is 419 g/mol. The highest BCUT2D eigenvalue weighted by Crippen LogP contribution is 2.31. The first-order valence-corrected chi connectivity index (χ1v) is 10.8. The first-order valence-electron chi connectivity index (χ1n) is 10.8. The van der Waals surface area contributed by atoms with Gasteiger partial charge in [0.15, 0.2) is 18.1 Å². The Morgan fingerprint density at radius 2 is 1.87 bits per heavy atom. The Morgan fingerprint density at radius 3 is 2.65 bits per heavy atom. The minimum Gasteiger partial charge on any atom is -0.484 e. The summed E-state index contributed by atoms with van der Waals surface area (Å²) in [5.41, 5.74) is 2.38. The van der Waals surface area contributed by atoms with Gasteiger partial charge in [-0.25, -0.2) is 4.98 Å². The number of likely N-dealkylation sites (tertiary alicyclic amines) is 1. The Morgan fingerprint density at radius 1 is 1.06 bits per heavy atom. The molecule has 5 rings (SSSR count). The molecule has 7 nitrogen and oxygen atoms in total. The largest absolute Gasteiger partial charge is 0.484 e. The predicted octanol–water partition coefficient (Wildman–Crippen LogP) is 3.96. The molecular weight excluding hydrogens is 394 g/mol. The van der Waals surface area contributed by atoms with E-state index in [2.05, 4.69) is 10.3 Å². The zero-order valence-corrected chi connectivity index (χ0v) is 17.3. The summed E-state index contributed by atoms with van der Waals surface area (Å²) in [6.07, 6.45) is 3.56. The van der Waals surface area contributed by atoms with E-state index < -0.39 is 0 Å². The number of oxazole rings is 1. The summed E-state index contributed by atoms with van der Waals surface area (Å²) in [5, 5.41) is 2.90. The lowest BCUT2D eigenvalue weighted by atomic mass is 9.97. The van der Waals surface area contributed by atoms with Crippen LogP contribution in [0, 0.1) is 5.92 Å². The topological polar surface area (TPSA) is 84.7 Å². The number of hydrogen-bond acceptors (Lipinski definition) is 5. The van der Waals surface area contributed by atoms with Gasteiger partial charge in [0.2, 0.25) is 5.91 Å². The molecular formula is C24H25N3O4. The number of benzene rings is 2. The van der Waals surface area contributed by atoms with Crippen LogP contribution in [0.1, 0.15) is 37.5 Å². The maximum Gasteiger partial charge on any atom is 0.260 e. The van der Waals surface area contributed by atoms with E-state index >= 15 is 0 Å². The number of hydrogen-bond donors (Lipinski definition) is 1. The highest BCUT2D eigenvalue weighted by atomic mass is 16.5. The number of anilines is 1. The van der Waals surface area contributed by atoms with Gasteiger partial charge in [0, 0.05) is 36.7 Å². The first kappa shape index (κ1) is 19.6. The Bertz CT molecular complexity index is 1060. The van der Waals surface area contributed by atoms with Crippen LogP contribution in [-0.2, 0) is 9.59 Å². The molecule has 0 bridgehead atoms. The summed E-state index contributed by atoms with van der Waals surface area (Å²) < 4.78 is 11.6. The number of amides is 2. The van der Waals surface area contributed by atoms with Gasteiger partial charge in [-0.05, 0) is 49.9 Å². The maximum atomic E-state index is 12.6. The molecule has 1 N–H and O–H groups in total. The summed E-state index contributed by atoms with van der Waals surface area (Å²) in [6.45, 7) is 1.29. The van der Waals surface area contributed by atoms with E-state index in [4.69, 9.17) is 9.15 Å². The summed E-state index contributed by atoms with van der Waals surface area (Å²) in [6, 6.07) is 15.0. The van der Waals surface area contributed by atoms with Crippen LogP contribution in [0.3, 0.4) is 0 Å². The smallest absolute Gasteiger partial charge is 0.260 e. The molecule has 0 unspecified atom stereocenters. The Labute approximate surface area is 180 Å². The molecule has 1 aliphatic carbocycles. The molecule has 2 aromatic carbocycles. The van der Waals surface area contributed by atoms with Gasteiger partial charge >= 0.3 is 0 Å². The fraction of sp³-hybridized carbons (Fsp3) is 0.375. The van der Waals surface area contributed by atoms with Crippen molar-refractivity contribution in [2.75, 3.05) is 25.0 Å². The SMILES string of the molecule is O=C(Nc1cccc(OCC(=O)N2CCC(c3nc4ccccc4o3)CC2)c1)C1CC1. The Hall–Kier alpha value is -3.35. The van der Waals surface area contributed by atoms with Crippen molar-refractivity contribution in [3.05, 3.63) is 54.4 Å². The minimum absolute atomic E-state index is 0.0203. The van der Waals surface area contributed by atoms with E-state index in [0.717, 1.165) is 42.7 Å². The van der Waals surface area contributed by atoms with Crippen LogP contribution in [-0.4, -0.2) is 41.4 Å². The molecule has 2 fully saturated rings. The number of fused-ring (bicyclic) bond motifs is 1. The van der Waals surface area contributed by atoms with Crippen LogP contribution in [0.5, 0.6) is 5.75 Å². The molecule has 2 aliphatic rings. The molecule has 3 aromatic rings. The van der Waals surface area contributed by atoms with Gasteiger partial charge < -0.3 is 19.4 Å². The van der Waals surface area contributed by atoms with Crippen LogP contribution in [0.4, 0.5) is 5.69 Å². The van der Waals surface area contributed by atoms with Crippen LogP contribution < -0.4 is 10.1 Å². The fourth-order valence-corrected chi connectivity index (χ4v) is 3.93. The molecule has 7 heteroatoms. The molecule has 31 heavy (non-hydrogen) atoms. The van der Waals surface area contributed by atoms with Crippen molar-refractivity contribution < 1.29 is 18.7 Å². The average Bonchev–Trinajstić information content (AvgIpc) is 3.56. The van der Waals surface area contributed by atoms with Crippen molar-refractivity contribution >= 4 is 28.6 Å². The average molecular weight is 419 g/mol. The zero-order chi connectivity index (χ0) is 21.2. The van der Waals surface area contributed by atoms with Crippen LogP contribution in [0.25, 0.3) is 11.1 Å². The standard InChI is InChI=1S/C24H25N3O4/c28-22(15-30-19-5-3-4-18(14-19)25-23(29)16-8-9-16)27-12-10-17(11-13-27)24-26-20-6-1-2-7-21(20)31-24/h1-7,14,16-17H,8-13,15H2,(H,25,29). The molecule has 1 aromatic heterocycles. The summed E-state index contributed by atoms with van der Waals surface area (Å²) in [4.78, 5) is 31.0. The van der Waals surface area contributed by atoms with Crippen LogP contribution >= 0.6 is 0 Å². The lowest BCUT2D eigenvalue weighted by Crippen LogP contribution is -2.40. The number of ether oxygens (including phenoxy) is 1. The van der Waals surface area contributed by atoms with Gasteiger partial charge in [-0.3, -0.25) is 9.59 Å². The lowest BCUT2D eigenvalue weighted by Gasteiger charge is -2.30. The number of aromatic nitrogens is 1. The highest BCUT2D eigenvalue weighted by Gasteiger charge is 2.30. The van der Waals surface area contributed by atoms with Crippen molar-refractivity contribution in [2.24, 2.45) is 5.92 Å². The van der Waals surface area contributed by atoms with Crippen molar-refractivity contribution in [1.29, 1.82) is 0 Å². The van der Waals surface area contributed by atoms with Crippen molar-refractivity contribution in [1.82, 2.24) is 9.88 Å². The number of nitrogens with one attached hydrogen (secondary N) is 1. The van der Waals surface area contributed by atoms with Gasteiger partial charge in [-0.15, -0.1) is 0 Å². The number of nitrogens with zero attached hydrogens (tertiary/aromatic N) is 2. The third kappa shape index (κ3) is 4.55. The third-order valence-corrected chi connectivity index (χ3v) is 5.92. The third-order valence-electron chi connectivity index (χ3n) is 5.92. The van der Waals surface area contributed by atoms with Gasteiger partial charge in [-0.2, -0.15) is 0 Å². The van der Waals surface area contributed by atoms with Crippen LogP contribution in [0.2, 0.25) is 0 Å². The second kappa shape index (κ2) is 8.41. The number of para-hydroxylation sites is 2. The van der Waals surface area contributed by atoms with Crippen molar-refractivity contribution in [2.45, 2.75) is 31.6 Å². The normalized spacial score (nSPS) is 17.0. The number of carbonyl (C=O) groups is 2. The molecule has 2 heterocycles. The number of rotatable bonds is 6. The van der Waals surface area contributed by atoms with Gasteiger partial charge in [0.05, 0.1) is 0 Å². The Kier molecular flexibility index (Phi) is 5.32. The van der Waals surface area contributed by atoms with Crippen LogP contribution in [0.15, 0.2) is 52.9 Å².